The van der Waals surface area contributed by atoms with Gasteiger partial charge in [0.1, 0.15) is 23.2 Å². The van der Waals surface area contributed by atoms with Gasteiger partial charge in [0.15, 0.2) is 0 Å². The number of fused-ring (bicyclic) bond motifs is 2. The normalized spacial score (nSPS) is 12.4. The average molecular weight is 643 g/mol. The number of alkyl halides is 2. The highest BCUT2D eigenvalue weighted by atomic mass is 32.2. The van der Waals surface area contributed by atoms with Crippen LogP contribution in [0.25, 0.3) is 32.9 Å². The van der Waals surface area contributed by atoms with Crippen LogP contribution in [-0.2, 0) is 28.3 Å². The summed E-state index contributed by atoms with van der Waals surface area (Å²) in [6.07, 6.45) is 1.13. The van der Waals surface area contributed by atoms with E-state index < -0.39 is 56.6 Å². The number of benzene rings is 3. The number of aliphatic carboxylic acids is 1. The minimum Gasteiger partial charge on any atom is -0.480 e. The Labute approximate surface area is 252 Å². The van der Waals surface area contributed by atoms with Crippen LogP contribution in [0.2, 0.25) is 0 Å². The molecular formula is C30H22F4N4O6S. The molecule has 0 fully saturated rings. The summed E-state index contributed by atoms with van der Waals surface area (Å²) in [5.74, 6) is -10.2. The van der Waals surface area contributed by atoms with Gasteiger partial charge in [-0.1, -0.05) is 36.4 Å². The van der Waals surface area contributed by atoms with Gasteiger partial charge in [-0.15, -0.1) is 0 Å². The second kappa shape index (κ2) is 12.0. The Kier molecular flexibility index (Phi) is 8.30. The Morgan fingerprint density at radius 2 is 1.67 bits per heavy atom. The Morgan fingerprint density at radius 1 is 0.978 bits per heavy atom. The maximum absolute atomic E-state index is 14.7. The van der Waals surface area contributed by atoms with Crippen molar-refractivity contribution in [1.29, 1.82) is 0 Å². The summed E-state index contributed by atoms with van der Waals surface area (Å²) in [7, 11) is -3.62. The monoisotopic (exact) mass is 642 g/mol. The van der Waals surface area contributed by atoms with Crippen LogP contribution in [0.4, 0.5) is 23.2 Å². The van der Waals surface area contributed by atoms with Crippen molar-refractivity contribution < 1.29 is 40.7 Å². The second-order valence-corrected chi connectivity index (χ2v) is 11.6. The highest BCUT2D eigenvalue weighted by molar-refractivity contribution is 7.93. The van der Waals surface area contributed by atoms with Crippen molar-refractivity contribution >= 4 is 49.4 Å². The molecule has 0 saturated heterocycles. The molecule has 15 heteroatoms. The molecule has 0 radical (unpaired) electrons. The number of nitrogens with zero attached hydrogens (tertiary/aromatic N) is 2. The molecule has 3 N–H and O–H groups in total. The van der Waals surface area contributed by atoms with E-state index in [0.717, 1.165) is 10.9 Å². The molecule has 232 valence electrons. The summed E-state index contributed by atoms with van der Waals surface area (Å²) in [5.41, 5.74) is -0.157. The number of para-hydroxylation sites is 1. The number of halogens is 4. The van der Waals surface area contributed by atoms with Crippen LogP contribution in [-0.4, -0.2) is 46.8 Å². The fraction of sp³-hybridized carbons (Fsp3) is 0.133. The maximum atomic E-state index is 14.7. The molecule has 0 bridgehead atoms. The Balaban J connectivity index is 1.47. The lowest BCUT2D eigenvalue weighted by Crippen LogP contribution is -2.43. The third kappa shape index (κ3) is 6.06. The van der Waals surface area contributed by atoms with E-state index in [4.69, 9.17) is 0 Å². The average Bonchev–Trinajstić information content (AvgIpc) is 2.98. The molecule has 2 heterocycles. The van der Waals surface area contributed by atoms with Crippen molar-refractivity contribution in [2.24, 2.45) is 7.05 Å². The molecule has 0 aliphatic carbocycles. The van der Waals surface area contributed by atoms with Gasteiger partial charge in [-0.05, 0) is 41.3 Å². The van der Waals surface area contributed by atoms with Crippen molar-refractivity contribution in [3.8, 4) is 11.1 Å². The molecule has 5 rings (SSSR count). The Hall–Kier alpha value is -5.31. The van der Waals surface area contributed by atoms with Gasteiger partial charge in [0.05, 0.1) is 16.7 Å². The zero-order valence-corrected chi connectivity index (χ0v) is 23.9. The number of amides is 1. The Bertz CT molecular complexity index is 2150. The molecule has 45 heavy (non-hydrogen) atoms. The lowest BCUT2D eigenvalue weighted by Gasteiger charge is -2.18. The number of carbonyl (C=O) groups is 2. The summed E-state index contributed by atoms with van der Waals surface area (Å²) in [6.45, 7) is 0. The minimum absolute atomic E-state index is 0.291. The van der Waals surface area contributed by atoms with Crippen LogP contribution >= 0.6 is 0 Å². The van der Waals surface area contributed by atoms with Gasteiger partial charge in [0, 0.05) is 36.2 Å². The summed E-state index contributed by atoms with van der Waals surface area (Å²) >= 11 is 0. The van der Waals surface area contributed by atoms with Crippen molar-refractivity contribution in [3.05, 3.63) is 106 Å². The quantitative estimate of drug-likeness (QED) is 0.202. The number of pyridine rings is 2. The van der Waals surface area contributed by atoms with Gasteiger partial charge in [0.25, 0.3) is 21.5 Å². The predicted molar refractivity (Wildman–Crippen MR) is 157 cm³/mol. The zero-order chi connectivity index (χ0) is 32.6. The minimum atomic E-state index is -5.25. The van der Waals surface area contributed by atoms with Crippen molar-refractivity contribution in [2.75, 3.05) is 4.72 Å². The number of aromatic nitrogens is 2. The van der Waals surface area contributed by atoms with Gasteiger partial charge in [0.2, 0.25) is 0 Å². The molecule has 5 aromatic rings. The highest BCUT2D eigenvalue weighted by Gasteiger charge is 2.29. The van der Waals surface area contributed by atoms with E-state index in [-0.39, 0.29) is 12.0 Å². The standard InChI is InChI=1S/C30H22F4N4O6S/c1-38-24-7-3-2-5-16(24)11-20(28(38)40)19-9-8-15(18-6-4-10-35-26(18)19)12-23(29(41)42)36-27(39)25-21(31)13-17(14-22(25)32)37-45(43,44)30(33)34/h2-11,13-14,23,30,37H,12H2,1H3,(H,36,39)(H,41,42)/t23-/m0/s1. The van der Waals surface area contributed by atoms with E-state index in [1.54, 1.807) is 43.4 Å². The maximum Gasteiger partial charge on any atom is 0.355 e. The van der Waals surface area contributed by atoms with Gasteiger partial charge in [-0.2, -0.15) is 8.78 Å². The van der Waals surface area contributed by atoms with Crippen LogP contribution in [0.3, 0.4) is 0 Å². The molecule has 3 aromatic carbocycles. The van der Waals surface area contributed by atoms with Crippen molar-refractivity contribution in [3.63, 3.8) is 0 Å². The van der Waals surface area contributed by atoms with Crippen molar-refractivity contribution in [1.82, 2.24) is 14.9 Å². The van der Waals surface area contributed by atoms with E-state index in [9.17, 15) is 45.5 Å². The fourth-order valence-corrected chi connectivity index (χ4v) is 5.49. The van der Waals surface area contributed by atoms with E-state index in [1.807, 2.05) is 23.5 Å². The van der Waals surface area contributed by atoms with Crippen LogP contribution in [0.5, 0.6) is 0 Å². The molecule has 1 amide bonds. The van der Waals surface area contributed by atoms with Crippen molar-refractivity contribution in [2.45, 2.75) is 18.2 Å². The number of nitrogens with one attached hydrogen (secondary N) is 2. The van der Waals surface area contributed by atoms with Gasteiger partial charge >= 0.3 is 11.7 Å². The summed E-state index contributed by atoms with van der Waals surface area (Å²) in [4.78, 5) is 42.7. The number of hydrogen-bond donors (Lipinski definition) is 3. The molecular weight excluding hydrogens is 620 g/mol. The summed E-state index contributed by atoms with van der Waals surface area (Å²) in [6, 6.07) is 14.3. The number of aryl methyl sites for hydroxylation is 1. The first-order valence-electron chi connectivity index (χ1n) is 13.1. The number of sulfonamides is 1. The van der Waals surface area contributed by atoms with Crippen LogP contribution in [0, 0.1) is 11.6 Å². The molecule has 10 nitrogen and oxygen atoms in total. The number of anilines is 1. The lowest BCUT2D eigenvalue weighted by atomic mass is 9.95. The summed E-state index contributed by atoms with van der Waals surface area (Å²) in [5, 5.41) is 13.2. The third-order valence-corrected chi connectivity index (χ3v) is 8.06. The molecule has 0 unspecified atom stereocenters. The first-order valence-corrected chi connectivity index (χ1v) is 14.6. The number of rotatable bonds is 9. The topological polar surface area (TPSA) is 147 Å². The van der Waals surface area contributed by atoms with Gasteiger partial charge in [-0.3, -0.25) is 19.3 Å². The van der Waals surface area contributed by atoms with E-state index in [2.05, 4.69) is 4.98 Å². The number of carboxylic acid groups (broad SMARTS) is 1. The van der Waals surface area contributed by atoms with Gasteiger partial charge < -0.3 is 15.0 Å². The zero-order valence-electron chi connectivity index (χ0n) is 23.1. The number of carboxylic acids is 1. The first-order chi connectivity index (χ1) is 21.3. The molecule has 0 saturated carbocycles. The number of carbonyl (C=O) groups excluding carboxylic acids is 1. The molecule has 0 aliphatic rings. The van der Waals surface area contributed by atoms with E-state index in [1.165, 1.54) is 15.5 Å². The third-order valence-electron chi connectivity index (χ3n) is 7.07. The van der Waals surface area contributed by atoms with Crippen LogP contribution in [0.15, 0.2) is 77.7 Å². The van der Waals surface area contributed by atoms with Crippen LogP contribution in [0.1, 0.15) is 15.9 Å². The van der Waals surface area contributed by atoms with E-state index in [0.29, 0.717) is 39.7 Å². The Morgan fingerprint density at radius 3 is 2.33 bits per heavy atom. The van der Waals surface area contributed by atoms with Crippen LogP contribution < -0.4 is 15.6 Å². The molecule has 1 atom stereocenters. The highest BCUT2D eigenvalue weighted by Crippen LogP contribution is 2.30. The predicted octanol–water partition coefficient (Wildman–Crippen LogP) is 4.42. The largest absolute Gasteiger partial charge is 0.480 e. The molecule has 0 spiro atoms. The van der Waals surface area contributed by atoms with E-state index >= 15 is 0 Å². The summed E-state index contributed by atoms with van der Waals surface area (Å²) < 4.78 is 80.1. The SMILES string of the molecule is Cn1c(=O)c(-c2ccc(C[C@H](NC(=O)c3c(F)cc(NS(=O)(=O)C(F)F)cc3F)C(=O)O)c3cccnc23)cc2ccccc21. The second-order valence-electron chi connectivity index (χ2n) is 9.94. The first kappa shape index (κ1) is 31.1. The van der Waals surface area contributed by atoms with Gasteiger partial charge in [-0.25, -0.2) is 22.0 Å². The smallest absolute Gasteiger partial charge is 0.355 e. The molecule has 0 aliphatic heterocycles. The number of hydrogen-bond acceptors (Lipinski definition) is 6. The lowest BCUT2D eigenvalue weighted by molar-refractivity contribution is -0.139. The molecule has 2 aromatic heterocycles. The fourth-order valence-electron chi connectivity index (χ4n) is 4.95.